The fourth-order valence-corrected chi connectivity index (χ4v) is 3.35. The minimum atomic E-state index is 0. The van der Waals surface area contributed by atoms with E-state index in [4.69, 9.17) is 17.4 Å². The summed E-state index contributed by atoms with van der Waals surface area (Å²) in [7, 11) is 7.33. The molecule has 0 spiro atoms. The van der Waals surface area contributed by atoms with Crippen LogP contribution < -0.4 is 32.8 Å². The maximum Gasteiger partial charge on any atom is 0.226 e. The first-order chi connectivity index (χ1) is 18.5. The first-order valence-electron chi connectivity index (χ1n) is 12.6. The van der Waals surface area contributed by atoms with Gasteiger partial charge in [-0.05, 0) is 32.0 Å². The number of halogens is 2. The van der Waals surface area contributed by atoms with Crippen molar-refractivity contribution in [3.63, 3.8) is 0 Å². The minimum absolute atomic E-state index is 0. The number of rotatable bonds is 7. The number of fused-ring (bicyclic) bond motifs is 2. The van der Waals surface area contributed by atoms with Crippen molar-refractivity contribution in [2.24, 2.45) is 25.8 Å². The van der Waals surface area contributed by atoms with Gasteiger partial charge in [0.25, 0.3) is 0 Å². The number of nitrogens with zero attached hydrogens (tertiary/aromatic N) is 7. The molecule has 40 heavy (non-hydrogen) atoms. The summed E-state index contributed by atoms with van der Waals surface area (Å²) in [5.74, 6) is 12.3. The molecule has 15 heteroatoms. The second kappa shape index (κ2) is 20.1. The normalized spacial score (nSPS) is 10.0. The molecule has 4 aromatic rings. The number of nitrogens with one attached hydrogen (secondary N) is 3. The van der Waals surface area contributed by atoms with Gasteiger partial charge in [-0.2, -0.15) is 28.8 Å². The largest absolute Gasteiger partial charge is 0.354 e. The summed E-state index contributed by atoms with van der Waals surface area (Å²) in [4.78, 5) is 17.5. The van der Waals surface area contributed by atoms with Crippen molar-refractivity contribution in [2.75, 3.05) is 42.8 Å². The molecule has 0 bridgehead atoms. The van der Waals surface area contributed by atoms with E-state index < -0.39 is 0 Å². The van der Waals surface area contributed by atoms with Crippen molar-refractivity contribution in [3.05, 3.63) is 33.6 Å². The molecule has 7 N–H and O–H groups in total. The zero-order valence-corrected chi connectivity index (χ0v) is 28.9. The number of anilines is 3. The topological polar surface area (TPSA) is 153 Å². The van der Waals surface area contributed by atoms with Gasteiger partial charge in [0.05, 0.1) is 10.8 Å². The van der Waals surface area contributed by atoms with Crippen LogP contribution >= 0.6 is 34.2 Å². The third kappa shape index (κ3) is 12.3. The summed E-state index contributed by atoms with van der Waals surface area (Å²) in [5.41, 5.74) is 3.99. The third-order valence-electron chi connectivity index (χ3n) is 4.78. The molecule has 0 aliphatic heterocycles. The van der Waals surface area contributed by atoms with Gasteiger partial charge in [0.15, 0.2) is 5.82 Å². The quantitative estimate of drug-likeness (QED) is 0.0601. The van der Waals surface area contributed by atoms with E-state index in [0.717, 1.165) is 53.8 Å². The fraction of sp³-hybridized carbons (Fsp3) is 0.480. The van der Waals surface area contributed by atoms with E-state index in [9.17, 15) is 0 Å². The third-order valence-corrected chi connectivity index (χ3v) is 5.07. The van der Waals surface area contributed by atoms with Gasteiger partial charge in [0, 0.05) is 65.2 Å². The van der Waals surface area contributed by atoms with Crippen molar-refractivity contribution in [3.8, 4) is 0 Å². The van der Waals surface area contributed by atoms with E-state index in [2.05, 4.69) is 92.1 Å². The number of hydrogen-bond donors (Lipinski definition) is 5. The molecule has 223 valence electrons. The minimum Gasteiger partial charge on any atom is -0.354 e. The predicted molar refractivity (Wildman–Crippen MR) is 174 cm³/mol. The van der Waals surface area contributed by atoms with Gasteiger partial charge in [-0.25, -0.2) is 10.8 Å². The molecule has 0 fully saturated rings. The van der Waals surface area contributed by atoms with Crippen LogP contribution in [-0.4, -0.2) is 56.3 Å². The zero-order chi connectivity index (χ0) is 29.5. The van der Waals surface area contributed by atoms with Crippen LogP contribution in [0.15, 0.2) is 24.5 Å². The molecule has 0 atom stereocenters. The Labute approximate surface area is 268 Å². The number of hydrogen-bond acceptors (Lipinski definition) is 10. The molecule has 0 aromatic carbocycles. The molecule has 4 heterocycles. The predicted octanol–water partition coefficient (Wildman–Crippen LogP) is 4.61. The van der Waals surface area contributed by atoms with Crippen LogP contribution in [0.5, 0.6) is 0 Å². The maximum atomic E-state index is 6.05. The Hall–Kier alpha value is -1.88. The van der Waals surface area contributed by atoms with Crippen LogP contribution in [0.4, 0.5) is 17.7 Å². The average Bonchev–Trinajstić information content (AvgIpc) is 3.44. The fourth-order valence-electron chi connectivity index (χ4n) is 3.12. The van der Waals surface area contributed by atoms with Gasteiger partial charge in [-0.1, -0.05) is 25.4 Å². The maximum absolute atomic E-state index is 6.05. The molecular weight excluding hydrogens is 682 g/mol. The number of aryl methyl sites for hydroxylation is 2. The van der Waals surface area contributed by atoms with E-state index in [1.54, 1.807) is 14.1 Å². The summed E-state index contributed by atoms with van der Waals surface area (Å²) in [6.07, 6.45) is 5.94. The Bertz CT molecular complexity index is 1260. The average molecular weight is 725 g/mol. The van der Waals surface area contributed by atoms with Gasteiger partial charge in [-0.15, -0.1) is 0 Å². The van der Waals surface area contributed by atoms with Gasteiger partial charge in [-0.3, -0.25) is 20.2 Å². The van der Waals surface area contributed by atoms with Crippen LogP contribution in [0.25, 0.3) is 22.1 Å². The first-order valence-corrected chi connectivity index (χ1v) is 14.1. The van der Waals surface area contributed by atoms with E-state index in [0.29, 0.717) is 17.0 Å². The summed E-state index contributed by atoms with van der Waals surface area (Å²) in [6.45, 7) is 10.0. The van der Waals surface area contributed by atoms with Crippen molar-refractivity contribution in [1.82, 2.24) is 34.5 Å². The molecule has 0 aliphatic carbocycles. The second-order valence-corrected chi connectivity index (χ2v) is 11.2. The van der Waals surface area contributed by atoms with Gasteiger partial charge in [0.2, 0.25) is 11.9 Å². The summed E-state index contributed by atoms with van der Waals surface area (Å²) in [6, 6.07) is 3.89. The Kier molecular flexibility index (Phi) is 19.1. The van der Waals surface area contributed by atoms with E-state index >= 15 is 0 Å². The SMILES string of the molecule is CCCNc1nc(Cl)c2ccn(C)c2n1.CCCNc1nc(N(C)N)c2ccn(C)c2n1.CNN.C[C-](C)I.[V]. The molecule has 0 aliphatic rings. The second-order valence-electron chi connectivity index (χ2n) is 8.67. The van der Waals surface area contributed by atoms with Crippen molar-refractivity contribution in [1.29, 1.82) is 0 Å². The van der Waals surface area contributed by atoms with Crippen LogP contribution in [-0.2, 0) is 32.7 Å². The molecule has 0 amide bonds. The van der Waals surface area contributed by atoms with Crippen LogP contribution in [0.3, 0.4) is 0 Å². The monoisotopic (exact) mass is 724 g/mol. The van der Waals surface area contributed by atoms with Gasteiger partial charge in [0.1, 0.15) is 16.4 Å². The molecule has 0 unspecified atom stereocenters. The molecular formula is C25H43ClIN12V-. The van der Waals surface area contributed by atoms with E-state index in [1.165, 1.54) is 8.93 Å². The van der Waals surface area contributed by atoms with Crippen LogP contribution in [0.2, 0.25) is 5.15 Å². The smallest absolute Gasteiger partial charge is 0.226 e. The number of aromatic nitrogens is 6. The Morgan fingerprint density at radius 1 is 0.925 bits per heavy atom. The van der Waals surface area contributed by atoms with Crippen molar-refractivity contribution in [2.45, 2.75) is 40.5 Å². The Morgan fingerprint density at radius 2 is 1.32 bits per heavy atom. The van der Waals surface area contributed by atoms with Crippen molar-refractivity contribution < 1.29 is 18.6 Å². The Balaban J connectivity index is 0.000000608. The number of hydrazine groups is 2. The van der Waals surface area contributed by atoms with Gasteiger partial charge < -0.3 is 42.4 Å². The molecule has 0 saturated carbocycles. The van der Waals surface area contributed by atoms with Crippen LogP contribution in [0.1, 0.15) is 40.5 Å². The molecule has 12 nitrogen and oxygen atoms in total. The van der Waals surface area contributed by atoms with E-state index in [1.807, 2.05) is 47.8 Å². The first kappa shape index (κ1) is 38.1. The zero-order valence-electron chi connectivity index (χ0n) is 24.6. The van der Waals surface area contributed by atoms with Crippen LogP contribution in [0, 0.1) is 3.92 Å². The molecule has 1 radical (unpaired) electrons. The standard InChI is InChI=1S/C11H18N6.C10H13ClN4.C3H6I.CH6N2.V/c1-4-6-13-11-14-9-8(5-7-16(9)2)10(15-11)17(3)12;1-3-5-12-10-13-8(11)7-4-6-15(2)9(7)14-10;1-3(2)4;1-3-2;/h5,7H,4,6,12H2,1-3H3,(H,13,14,15);4,6H,3,5H2,1-2H3,(H,12,13,14);1-2H3;3H,2H2,1H3;/q;;-1;;. The summed E-state index contributed by atoms with van der Waals surface area (Å²) >= 11 is 8.31. The Morgan fingerprint density at radius 3 is 1.75 bits per heavy atom. The summed E-state index contributed by atoms with van der Waals surface area (Å²) < 4.78 is 5.28. The molecule has 4 rings (SSSR count). The van der Waals surface area contributed by atoms with Gasteiger partial charge >= 0.3 is 0 Å². The number of nitrogens with two attached hydrogens (primary N) is 2. The molecule has 0 saturated heterocycles. The molecule has 4 aromatic heterocycles. The summed E-state index contributed by atoms with van der Waals surface area (Å²) in [5, 5.41) is 10.2. The van der Waals surface area contributed by atoms with Crippen molar-refractivity contribution >= 4 is 74.0 Å². The van der Waals surface area contributed by atoms with E-state index in [-0.39, 0.29) is 18.6 Å².